The molecule has 3 heterocycles. The molecule has 2 aromatic rings. The van der Waals surface area contributed by atoms with Crippen LogP contribution < -0.4 is 0 Å². The van der Waals surface area contributed by atoms with Crippen molar-refractivity contribution in [3.05, 3.63) is 40.5 Å². The lowest BCUT2D eigenvalue weighted by Crippen LogP contribution is -2.48. The zero-order valence-electron chi connectivity index (χ0n) is 20.2. The number of aromatic nitrogens is 3. The Kier molecular flexibility index (Phi) is 6.49. The van der Waals surface area contributed by atoms with Gasteiger partial charge in [0.1, 0.15) is 11.6 Å². The van der Waals surface area contributed by atoms with Crippen LogP contribution in [0.5, 0.6) is 0 Å². The lowest BCUT2D eigenvalue weighted by atomic mass is 9.85. The van der Waals surface area contributed by atoms with Crippen molar-refractivity contribution in [3.8, 4) is 0 Å². The Hall–Kier alpha value is -1.77. The molecular weight excluding hydrogens is 422 g/mol. The van der Waals surface area contributed by atoms with Crippen LogP contribution >= 0.6 is 0 Å². The third-order valence-electron chi connectivity index (χ3n) is 6.81. The van der Waals surface area contributed by atoms with Gasteiger partial charge in [-0.1, -0.05) is 39.3 Å². The number of hydrogen-bond acceptors (Lipinski definition) is 5. The molecule has 0 bridgehead atoms. The molecule has 0 saturated carbocycles. The molecule has 0 spiro atoms. The van der Waals surface area contributed by atoms with Gasteiger partial charge >= 0.3 is 0 Å². The maximum absolute atomic E-state index is 13.5. The van der Waals surface area contributed by atoms with Crippen molar-refractivity contribution in [1.29, 1.82) is 0 Å². The average molecular weight is 460 g/mol. The van der Waals surface area contributed by atoms with Gasteiger partial charge in [-0.3, -0.25) is 4.90 Å². The third-order valence-corrected chi connectivity index (χ3v) is 9.01. The molecule has 2 aliphatic rings. The second-order valence-corrected chi connectivity index (χ2v) is 12.2. The van der Waals surface area contributed by atoms with Gasteiger partial charge in [0.25, 0.3) is 0 Å². The number of piperazine rings is 1. The smallest absolute Gasteiger partial charge is 0.243 e. The van der Waals surface area contributed by atoms with Crippen LogP contribution in [0.2, 0.25) is 0 Å². The summed E-state index contributed by atoms with van der Waals surface area (Å²) in [5, 5.41) is 8.84. The van der Waals surface area contributed by atoms with Crippen molar-refractivity contribution < 1.29 is 8.42 Å². The van der Waals surface area contributed by atoms with Crippen molar-refractivity contribution in [2.24, 2.45) is 0 Å². The summed E-state index contributed by atoms with van der Waals surface area (Å²) >= 11 is 0. The van der Waals surface area contributed by atoms with E-state index in [1.54, 1.807) is 4.31 Å². The van der Waals surface area contributed by atoms with Crippen LogP contribution in [0.1, 0.15) is 68.4 Å². The first-order valence-electron chi connectivity index (χ1n) is 11.8. The highest BCUT2D eigenvalue weighted by Crippen LogP contribution is 2.31. The highest BCUT2D eigenvalue weighted by atomic mass is 32.2. The molecule has 2 aliphatic heterocycles. The Morgan fingerprint density at radius 3 is 2.19 bits per heavy atom. The van der Waals surface area contributed by atoms with Crippen LogP contribution in [0.25, 0.3) is 0 Å². The van der Waals surface area contributed by atoms with E-state index in [-0.39, 0.29) is 5.41 Å². The Bertz CT molecular complexity index is 1050. The first kappa shape index (κ1) is 23.4. The Labute approximate surface area is 192 Å². The molecular formula is C24H37N5O2S. The second kappa shape index (κ2) is 8.88. The highest BCUT2D eigenvalue weighted by Gasteiger charge is 2.32. The average Bonchev–Trinajstić information content (AvgIpc) is 2.93. The summed E-state index contributed by atoms with van der Waals surface area (Å²) in [5.41, 5.74) is 2.83. The molecule has 1 aromatic heterocycles. The van der Waals surface area contributed by atoms with E-state index in [2.05, 4.69) is 40.4 Å². The summed E-state index contributed by atoms with van der Waals surface area (Å²) in [6, 6.07) is 4.07. The van der Waals surface area contributed by atoms with Crippen LogP contribution in [0.4, 0.5) is 0 Å². The van der Waals surface area contributed by atoms with E-state index >= 15 is 0 Å². The van der Waals surface area contributed by atoms with Gasteiger partial charge in [-0.05, 0) is 48.8 Å². The number of hydrogen-bond donors (Lipinski definition) is 0. The van der Waals surface area contributed by atoms with Crippen molar-refractivity contribution in [3.63, 3.8) is 0 Å². The number of nitrogens with zero attached hydrogens (tertiary/aromatic N) is 5. The molecule has 32 heavy (non-hydrogen) atoms. The Balaban J connectivity index is 1.46. The van der Waals surface area contributed by atoms with E-state index in [0.717, 1.165) is 42.3 Å². The molecule has 0 amide bonds. The quantitative estimate of drug-likeness (QED) is 0.701. The number of aryl methyl sites for hydroxylation is 3. The van der Waals surface area contributed by atoms with Crippen LogP contribution in [0.3, 0.4) is 0 Å². The van der Waals surface area contributed by atoms with E-state index in [9.17, 15) is 8.42 Å². The standard InChI is InChI=1S/C24H37N5O2S/c1-18-15-20(24(3,4)5)16-19(2)23(18)32(30,31)28-13-11-27(12-14-28)17-22-26-25-21-9-7-6-8-10-29(21)22/h15-16H,6-14,17H2,1-5H3. The summed E-state index contributed by atoms with van der Waals surface area (Å²) in [5.74, 6) is 2.12. The van der Waals surface area contributed by atoms with Crippen molar-refractivity contribution in [2.45, 2.75) is 83.7 Å². The molecule has 1 aromatic carbocycles. The molecule has 0 N–H and O–H groups in total. The maximum Gasteiger partial charge on any atom is 0.243 e. The van der Waals surface area contributed by atoms with Crippen molar-refractivity contribution in [1.82, 2.24) is 24.0 Å². The van der Waals surface area contributed by atoms with Gasteiger partial charge < -0.3 is 4.57 Å². The van der Waals surface area contributed by atoms with Gasteiger partial charge in [-0.25, -0.2) is 8.42 Å². The lowest BCUT2D eigenvalue weighted by Gasteiger charge is -2.34. The van der Waals surface area contributed by atoms with E-state index in [1.807, 2.05) is 26.0 Å². The van der Waals surface area contributed by atoms with Crippen LogP contribution in [0.15, 0.2) is 17.0 Å². The third kappa shape index (κ3) is 4.63. The SMILES string of the molecule is Cc1cc(C(C)(C)C)cc(C)c1S(=O)(=O)N1CCN(Cc2nnc3n2CCCCC3)CC1. The van der Waals surface area contributed by atoms with E-state index in [1.165, 1.54) is 24.8 Å². The van der Waals surface area contributed by atoms with Gasteiger partial charge in [0, 0.05) is 39.1 Å². The molecule has 8 heteroatoms. The minimum Gasteiger partial charge on any atom is -0.314 e. The number of rotatable bonds is 4. The topological polar surface area (TPSA) is 71.3 Å². The monoisotopic (exact) mass is 459 g/mol. The molecule has 0 unspecified atom stereocenters. The zero-order chi connectivity index (χ0) is 23.1. The normalized spacial score (nSPS) is 19.0. The molecule has 0 atom stereocenters. The number of sulfonamides is 1. The van der Waals surface area contributed by atoms with Crippen LogP contribution in [-0.4, -0.2) is 58.6 Å². The number of fused-ring (bicyclic) bond motifs is 1. The van der Waals surface area contributed by atoms with E-state index < -0.39 is 10.0 Å². The lowest BCUT2D eigenvalue weighted by molar-refractivity contribution is 0.176. The fraction of sp³-hybridized carbons (Fsp3) is 0.667. The zero-order valence-corrected chi connectivity index (χ0v) is 21.0. The van der Waals surface area contributed by atoms with E-state index in [4.69, 9.17) is 0 Å². The number of benzene rings is 1. The molecule has 1 saturated heterocycles. The minimum atomic E-state index is -3.52. The van der Waals surface area contributed by atoms with Gasteiger partial charge in [0.2, 0.25) is 10.0 Å². The van der Waals surface area contributed by atoms with Crippen molar-refractivity contribution in [2.75, 3.05) is 26.2 Å². The van der Waals surface area contributed by atoms with E-state index in [0.29, 0.717) is 31.1 Å². The molecule has 0 radical (unpaired) electrons. The highest BCUT2D eigenvalue weighted by molar-refractivity contribution is 7.89. The predicted molar refractivity (Wildman–Crippen MR) is 126 cm³/mol. The van der Waals surface area contributed by atoms with Gasteiger partial charge in [0.05, 0.1) is 11.4 Å². The fourth-order valence-electron chi connectivity index (χ4n) is 4.91. The van der Waals surface area contributed by atoms with Crippen molar-refractivity contribution >= 4 is 10.0 Å². The van der Waals surface area contributed by atoms with Gasteiger partial charge in [0.15, 0.2) is 0 Å². The molecule has 7 nitrogen and oxygen atoms in total. The maximum atomic E-state index is 13.5. The van der Waals surface area contributed by atoms with Gasteiger partial charge in [-0.15, -0.1) is 10.2 Å². The first-order valence-corrected chi connectivity index (χ1v) is 13.3. The second-order valence-electron chi connectivity index (χ2n) is 10.4. The summed E-state index contributed by atoms with van der Waals surface area (Å²) in [6.45, 7) is 14.5. The first-order chi connectivity index (χ1) is 15.1. The van der Waals surface area contributed by atoms with Gasteiger partial charge in [-0.2, -0.15) is 4.31 Å². The largest absolute Gasteiger partial charge is 0.314 e. The molecule has 4 rings (SSSR count). The minimum absolute atomic E-state index is 0.0106. The Morgan fingerprint density at radius 1 is 0.906 bits per heavy atom. The summed E-state index contributed by atoms with van der Waals surface area (Å²) < 4.78 is 31.0. The molecule has 176 valence electrons. The predicted octanol–water partition coefficient (Wildman–Crippen LogP) is 3.43. The molecule has 1 fully saturated rings. The molecule has 0 aliphatic carbocycles. The van der Waals surface area contributed by atoms with Crippen LogP contribution in [-0.2, 0) is 34.9 Å². The Morgan fingerprint density at radius 2 is 1.56 bits per heavy atom. The van der Waals surface area contributed by atoms with Crippen LogP contribution in [0, 0.1) is 13.8 Å². The summed E-state index contributed by atoms with van der Waals surface area (Å²) in [4.78, 5) is 2.78. The summed E-state index contributed by atoms with van der Waals surface area (Å²) in [7, 11) is -3.52. The fourth-order valence-corrected chi connectivity index (χ4v) is 6.74. The summed E-state index contributed by atoms with van der Waals surface area (Å²) in [6.07, 6.45) is 4.61.